The van der Waals surface area contributed by atoms with E-state index in [9.17, 15) is 0 Å². The maximum atomic E-state index is 5.51. The van der Waals surface area contributed by atoms with Gasteiger partial charge < -0.3 is 4.98 Å². The Morgan fingerprint density at radius 3 is 2.90 bits per heavy atom. The van der Waals surface area contributed by atoms with Gasteiger partial charge in [-0.3, -0.25) is 4.98 Å². The molecule has 104 valence electrons. The lowest BCUT2D eigenvalue weighted by atomic mass is 10.0. The van der Waals surface area contributed by atoms with E-state index >= 15 is 0 Å². The Morgan fingerprint density at radius 1 is 1.24 bits per heavy atom. The molecule has 0 spiro atoms. The van der Waals surface area contributed by atoms with E-state index in [0.29, 0.717) is 0 Å². The van der Waals surface area contributed by atoms with Crippen LogP contribution in [0.15, 0.2) is 36.7 Å². The number of terminal acetylenes is 1. The number of benzene rings is 1. The van der Waals surface area contributed by atoms with Crippen LogP contribution in [0, 0.1) is 12.3 Å². The molecule has 0 saturated carbocycles. The Balaban J connectivity index is 2.18. The SMILES string of the molecule is C#Cc1cccc(-c2[nH]c3nccnc3c2CCCC)c1. The van der Waals surface area contributed by atoms with Crippen LogP contribution in [0.2, 0.25) is 0 Å². The molecule has 0 bridgehead atoms. The van der Waals surface area contributed by atoms with E-state index in [2.05, 4.69) is 33.9 Å². The molecule has 0 aliphatic carbocycles. The number of hydrogen-bond donors (Lipinski definition) is 1. The van der Waals surface area contributed by atoms with Crippen molar-refractivity contribution in [3.63, 3.8) is 0 Å². The van der Waals surface area contributed by atoms with Crippen molar-refractivity contribution in [2.75, 3.05) is 0 Å². The van der Waals surface area contributed by atoms with Gasteiger partial charge in [0.1, 0.15) is 5.52 Å². The van der Waals surface area contributed by atoms with Gasteiger partial charge in [0.25, 0.3) is 0 Å². The fourth-order valence-electron chi connectivity index (χ4n) is 2.57. The minimum atomic E-state index is 0.838. The van der Waals surface area contributed by atoms with E-state index < -0.39 is 0 Å². The fourth-order valence-corrected chi connectivity index (χ4v) is 2.57. The summed E-state index contributed by atoms with van der Waals surface area (Å²) < 4.78 is 0. The van der Waals surface area contributed by atoms with Crippen LogP contribution in [-0.4, -0.2) is 15.0 Å². The van der Waals surface area contributed by atoms with Crippen molar-refractivity contribution in [1.82, 2.24) is 15.0 Å². The molecule has 21 heavy (non-hydrogen) atoms. The first-order valence-electron chi connectivity index (χ1n) is 7.22. The van der Waals surface area contributed by atoms with Gasteiger partial charge in [0.05, 0.1) is 5.69 Å². The first-order valence-corrected chi connectivity index (χ1v) is 7.22. The molecule has 3 rings (SSSR count). The minimum absolute atomic E-state index is 0.838. The zero-order valence-corrected chi connectivity index (χ0v) is 12.1. The molecule has 0 amide bonds. The molecule has 3 nitrogen and oxygen atoms in total. The van der Waals surface area contributed by atoms with Crippen LogP contribution in [0.5, 0.6) is 0 Å². The molecule has 2 aromatic heterocycles. The molecule has 1 N–H and O–H groups in total. The lowest BCUT2D eigenvalue weighted by Gasteiger charge is -2.04. The molecule has 0 aliphatic heterocycles. The summed E-state index contributed by atoms with van der Waals surface area (Å²) in [6.07, 6.45) is 12.2. The molecule has 0 radical (unpaired) electrons. The van der Waals surface area contributed by atoms with Gasteiger partial charge >= 0.3 is 0 Å². The smallest absolute Gasteiger partial charge is 0.156 e. The van der Waals surface area contributed by atoms with E-state index in [0.717, 1.165) is 47.2 Å². The van der Waals surface area contributed by atoms with E-state index in [4.69, 9.17) is 6.42 Å². The van der Waals surface area contributed by atoms with Gasteiger partial charge in [0.2, 0.25) is 0 Å². The van der Waals surface area contributed by atoms with Gasteiger partial charge in [-0.2, -0.15) is 0 Å². The Morgan fingerprint density at radius 2 is 2.10 bits per heavy atom. The maximum absolute atomic E-state index is 5.51. The Bertz CT molecular complexity index is 809. The van der Waals surface area contributed by atoms with Crippen molar-refractivity contribution in [1.29, 1.82) is 0 Å². The second-order valence-electron chi connectivity index (χ2n) is 5.06. The zero-order chi connectivity index (χ0) is 14.7. The number of nitrogens with one attached hydrogen (secondary N) is 1. The van der Waals surface area contributed by atoms with Gasteiger partial charge in [0.15, 0.2) is 5.65 Å². The largest absolute Gasteiger partial charge is 0.338 e. The Hall–Kier alpha value is -2.60. The van der Waals surface area contributed by atoms with E-state index in [-0.39, 0.29) is 0 Å². The van der Waals surface area contributed by atoms with Crippen LogP contribution >= 0.6 is 0 Å². The highest BCUT2D eigenvalue weighted by atomic mass is 14.9. The maximum Gasteiger partial charge on any atom is 0.156 e. The van der Waals surface area contributed by atoms with Crippen LogP contribution in [0.1, 0.15) is 30.9 Å². The molecule has 0 unspecified atom stereocenters. The lowest BCUT2D eigenvalue weighted by Crippen LogP contribution is -1.89. The van der Waals surface area contributed by atoms with Crippen molar-refractivity contribution < 1.29 is 0 Å². The van der Waals surface area contributed by atoms with Crippen LogP contribution < -0.4 is 0 Å². The van der Waals surface area contributed by atoms with Crippen molar-refractivity contribution in [3.05, 3.63) is 47.8 Å². The summed E-state index contributed by atoms with van der Waals surface area (Å²) in [5.41, 5.74) is 6.09. The highest BCUT2D eigenvalue weighted by Crippen LogP contribution is 2.30. The number of nitrogens with zero attached hydrogens (tertiary/aromatic N) is 2. The highest BCUT2D eigenvalue weighted by molar-refractivity contribution is 5.85. The number of hydrogen-bond acceptors (Lipinski definition) is 2. The van der Waals surface area contributed by atoms with Crippen molar-refractivity contribution in [2.24, 2.45) is 0 Å². The summed E-state index contributed by atoms with van der Waals surface area (Å²) in [6, 6.07) is 8.02. The van der Waals surface area contributed by atoms with Gasteiger partial charge in [-0.1, -0.05) is 31.4 Å². The third kappa shape index (κ3) is 2.53. The minimum Gasteiger partial charge on any atom is -0.338 e. The van der Waals surface area contributed by atoms with E-state index in [1.165, 1.54) is 5.56 Å². The number of aryl methyl sites for hydroxylation is 1. The number of aromatic nitrogens is 3. The molecular formula is C18H17N3. The van der Waals surface area contributed by atoms with Gasteiger partial charge in [-0.25, -0.2) is 4.98 Å². The summed E-state index contributed by atoms with van der Waals surface area (Å²) in [5.74, 6) is 2.69. The van der Waals surface area contributed by atoms with E-state index in [1.807, 2.05) is 18.2 Å². The second kappa shape index (κ2) is 5.80. The molecule has 2 heterocycles. The van der Waals surface area contributed by atoms with Gasteiger partial charge in [0, 0.05) is 23.5 Å². The monoisotopic (exact) mass is 275 g/mol. The van der Waals surface area contributed by atoms with Gasteiger partial charge in [-0.15, -0.1) is 6.42 Å². The van der Waals surface area contributed by atoms with Crippen LogP contribution in [-0.2, 0) is 6.42 Å². The Kier molecular flexibility index (Phi) is 3.70. The lowest BCUT2D eigenvalue weighted by molar-refractivity contribution is 0.799. The second-order valence-corrected chi connectivity index (χ2v) is 5.06. The molecular weight excluding hydrogens is 258 g/mol. The van der Waals surface area contributed by atoms with Crippen molar-refractivity contribution in [3.8, 4) is 23.6 Å². The standard InChI is InChI=1S/C18H17N3/c1-3-5-9-15-16(14-8-6-7-13(4-2)12-14)21-18-17(15)19-10-11-20-18/h2,6-8,10-12H,3,5,9H2,1H3,(H,20,21). The Labute approximate surface area is 124 Å². The van der Waals surface area contributed by atoms with Crippen LogP contribution in [0.25, 0.3) is 22.4 Å². The highest BCUT2D eigenvalue weighted by Gasteiger charge is 2.14. The predicted octanol–water partition coefficient (Wildman–Crippen LogP) is 3.95. The van der Waals surface area contributed by atoms with Gasteiger partial charge in [-0.05, 0) is 30.5 Å². The van der Waals surface area contributed by atoms with Crippen LogP contribution in [0.4, 0.5) is 0 Å². The normalized spacial score (nSPS) is 10.7. The first-order chi connectivity index (χ1) is 10.3. The summed E-state index contributed by atoms with van der Waals surface area (Å²) in [4.78, 5) is 12.3. The summed E-state index contributed by atoms with van der Waals surface area (Å²) in [7, 11) is 0. The number of aromatic amines is 1. The number of rotatable bonds is 4. The number of fused-ring (bicyclic) bond motifs is 1. The quantitative estimate of drug-likeness (QED) is 0.732. The third-order valence-electron chi connectivity index (χ3n) is 3.63. The molecule has 3 aromatic rings. The van der Waals surface area contributed by atoms with Crippen molar-refractivity contribution >= 4 is 11.2 Å². The summed E-state index contributed by atoms with van der Waals surface area (Å²) in [6.45, 7) is 2.19. The average molecular weight is 275 g/mol. The molecule has 0 aliphatic rings. The van der Waals surface area contributed by atoms with Crippen molar-refractivity contribution in [2.45, 2.75) is 26.2 Å². The molecule has 1 aromatic carbocycles. The number of unbranched alkanes of at least 4 members (excludes halogenated alkanes) is 1. The third-order valence-corrected chi connectivity index (χ3v) is 3.63. The average Bonchev–Trinajstić information content (AvgIpc) is 2.91. The first kappa shape index (κ1) is 13.4. The summed E-state index contributed by atoms with van der Waals surface area (Å²) in [5, 5.41) is 0. The molecule has 0 atom stereocenters. The summed E-state index contributed by atoms with van der Waals surface area (Å²) >= 11 is 0. The number of H-pyrrole nitrogens is 1. The van der Waals surface area contributed by atoms with E-state index in [1.54, 1.807) is 12.4 Å². The van der Waals surface area contributed by atoms with Crippen LogP contribution in [0.3, 0.4) is 0 Å². The zero-order valence-electron chi connectivity index (χ0n) is 12.1. The molecule has 0 saturated heterocycles. The molecule has 0 fully saturated rings. The topological polar surface area (TPSA) is 41.6 Å². The fraction of sp³-hybridized carbons (Fsp3) is 0.222. The molecule has 3 heteroatoms. The predicted molar refractivity (Wildman–Crippen MR) is 85.9 cm³/mol.